The number of para-hydroxylation sites is 1. The van der Waals surface area contributed by atoms with Crippen LogP contribution in [0, 0.1) is 0 Å². The van der Waals surface area contributed by atoms with Crippen LogP contribution in [0.4, 0.5) is 5.69 Å². The molecule has 2 aromatic carbocycles. The van der Waals surface area contributed by atoms with Gasteiger partial charge in [-0.2, -0.15) is 0 Å². The minimum absolute atomic E-state index is 0.125. The van der Waals surface area contributed by atoms with Gasteiger partial charge in [-0.1, -0.05) is 55.5 Å². The lowest BCUT2D eigenvalue weighted by molar-refractivity contribution is -1.02. The summed E-state index contributed by atoms with van der Waals surface area (Å²) in [4.78, 5) is 15.5. The zero-order valence-corrected chi connectivity index (χ0v) is 15.9. The molecule has 1 aliphatic rings. The molecule has 0 spiro atoms. The minimum Gasteiger partial charge on any atom is -0.321 e. The number of carbonyl (C=O) groups excluding carboxylic acids is 1. The second-order valence-corrected chi connectivity index (χ2v) is 7.28. The number of benzene rings is 2. The summed E-state index contributed by atoms with van der Waals surface area (Å²) >= 11 is 0. The first kappa shape index (κ1) is 18.6. The summed E-state index contributed by atoms with van der Waals surface area (Å²) in [5, 5.41) is 3.10. The maximum atomic E-state index is 12.4. The van der Waals surface area contributed by atoms with Crippen molar-refractivity contribution in [2.24, 2.45) is 0 Å². The van der Waals surface area contributed by atoms with Crippen molar-refractivity contribution in [1.82, 2.24) is 0 Å². The Morgan fingerprint density at radius 3 is 2.35 bits per heavy atom. The molecule has 0 aliphatic carbocycles. The Labute approximate surface area is 156 Å². The van der Waals surface area contributed by atoms with Gasteiger partial charge in [0.05, 0.1) is 0 Å². The van der Waals surface area contributed by atoms with Gasteiger partial charge in [-0.05, 0) is 25.0 Å². The fraction of sp³-hybridized carbons (Fsp3) is 0.409. The predicted octanol–water partition coefficient (Wildman–Crippen LogP) is 0.732. The normalized spacial score (nSPS) is 21.2. The molecule has 1 saturated heterocycles. The van der Waals surface area contributed by atoms with Gasteiger partial charge >= 0.3 is 0 Å². The Balaban J connectivity index is 1.48. The molecule has 1 aliphatic heterocycles. The van der Waals surface area contributed by atoms with Crippen molar-refractivity contribution in [3.63, 3.8) is 0 Å². The monoisotopic (exact) mass is 353 g/mol. The smallest absolute Gasteiger partial charge is 0.279 e. The van der Waals surface area contributed by atoms with Crippen LogP contribution in [-0.2, 0) is 11.2 Å². The molecule has 0 bridgehead atoms. The molecule has 26 heavy (non-hydrogen) atoms. The second-order valence-electron chi connectivity index (χ2n) is 7.28. The van der Waals surface area contributed by atoms with E-state index >= 15 is 0 Å². The van der Waals surface area contributed by atoms with Crippen molar-refractivity contribution in [1.29, 1.82) is 0 Å². The fourth-order valence-corrected chi connectivity index (χ4v) is 3.88. The lowest BCUT2D eigenvalue weighted by Gasteiger charge is -2.33. The summed E-state index contributed by atoms with van der Waals surface area (Å²) in [5.74, 6) is 0.125. The molecule has 0 aromatic heterocycles. The van der Waals surface area contributed by atoms with Gasteiger partial charge in [0, 0.05) is 11.3 Å². The molecule has 3 N–H and O–H groups in total. The highest BCUT2D eigenvalue weighted by molar-refractivity contribution is 5.92. The van der Waals surface area contributed by atoms with Crippen LogP contribution in [0.5, 0.6) is 0 Å². The first-order chi connectivity index (χ1) is 12.7. The number of rotatable bonds is 6. The number of carbonyl (C=O) groups is 1. The third kappa shape index (κ3) is 4.71. The fourth-order valence-electron chi connectivity index (χ4n) is 3.88. The number of nitrogens with one attached hydrogen (secondary N) is 3. The number of piperazine rings is 1. The molecule has 0 radical (unpaired) electrons. The van der Waals surface area contributed by atoms with E-state index in [4.69, 9.17) is 0 Å². The quantitative estimate of drug-likeness (QED) is 0.704. The van der Waals surface area contributed by atoms with Crippen molar-refractivity contribution in [3.05, 3.63) is 65.7 Å². The SMILES string of the molecule is CCc1ccccc1NC(=O)C[NH+]1CC[NH+]([C@@H](C)c2ccccc2)CC1. The van der Waals surface area contributed by atoms with Crippen LogP contribution in [0.15, 0.2) is 54.6 Å². The van der Waals surface area contributed by atoms with Crippen molar-refractivity contribution in [3.8, 4) is 0 Å². The molecular weight excluding hydrogens is 322 g/mol. The number of aryl methyl sites for hydroxylation is 1. The Hall–Kier alpha value is -2.17. The van der Waals surface area contributed by atoms with Gasteiger partial charge in [0.2, 0.25) is 0 Å². The standard InChI is InChI=1S/C22H29N3O/c1-3-19-9-7-8-12-21(19)23-22(26)17-24-13-15-25(16-14-24)18(2)20-10-5-4-6-11-20/h4-12,18H,3,13-17H2,1-2H3,(H,23,26)/p+2/t18-/m0/s1. The molecule has 0 saturated carbocycles. The van der Waals surface area contributed by atoms with E-state index in [0.717, 1.165) is 38.3 Å². The zero-order valence-electron chi connectivity index (χ0n) is 15.9. The summed E-state index contributed by atoms with van der Waals surface area (Å²) in [6, 6.07) is 19.3. The molecular formula is C22H31N3O+2. The van der Waals surface area contributed by atoms with Crippen LogP contribution in [0.25, 0.3) is 0 Å². The van der Waals surface area contributed by atoms with Crippen LogP contribution in [0.1, 0.15) is 31.0 Å². The Morgan fingerprint density at radius 2 is 1.65 bits per heavy atom. The van der Waals surface area contributed by atoms with E-state index in [2.05, 4.69) is 55.6 Å². The Morgan fingerprint density at radius 1 is 1.00 bits per heavy atom. The van der Waals surface area contributed by atoms with Crippen LogP contribution in [-0.4, -0.2) is 38.6 Å². The highest BCUT2D eigenvalue weighted by atomic mass is 16.2. The largest absolute Gasteiger partial charge is 0.321 e. The van der Waals surface area contributed by atoms with Crippen molar-refractivity contribution < 1.29 is 14.6 Å². The minimum atomic E-state index is 0.125. The van der Waals surface area contributed by atoms with Gasteiger partial charge in [-0.3, -0.25) is 4.79 Å². The highest BCUT2D eigenvalue weighted by Crippen LogP contribution is 2.14. The topological polar surface area (TPSA) is 38.0 Å². The molecule has 0 unspecified atom stereocenters. The molecule has 1 amide bonds. The van der Waals surface area contributed by atoms with Gasteiger partial charge in [0.25, 0.3) is 5.91 Å². The third-order valence-electron chi connectivity index (χ3n) is 5.59. The molecule has 3 rings (SSSR count). The van der Waals surface area contributed by atoms with Crippen molar-refractivity contribution in [2.75, 3.05) is 38.0 Å². The van der Waals surface area contributed by atoms with E-state index in [1.807, 2.05) is 18.2 Å². The van der Waals surface area contributed by atoms with Gasteiger partial charge < -0.3 is 15.1 Å². The summed E-state index contributed by atoms with van der Waals surface area (Å²) in [6.07, 6.45) is 0.933. The Kier molecular flexibility index (Phi) is 6.42. The highest BCUT2D eigenvalue weighted by Gasteiger charge is 2.28. The molecule has 138 valence electrons. The summed E-state index contributed by atoms with van der Waals surface area (Å²) < 4.78 is 0. The lowest BCUT2D eigenvalue weighted by Crippen LogP contribution is -3.28. The molecule has 4 nitrogen and oxygen atoms in total. The van der Waals surface area contributed by atoms with Crippen LogP contribution >= 0.6 is 0 Å². The van der Waals surface area contributed by atoms with Crippen molar-refractivity contribution >= 4 is 11.6 Å². The lowest BCUT2D eigenvalue weighted by atomic mass is 10.1. The number of hydrogen-bond acceptors (Lipinski definition) is 1. The predicted molar refractivity (Wildman–Crippen MR) is 106 cm³/mol. The number of anilines is 1. The van der Waals surface area contributed by atoms with Crippen LogP contribution in [0.2, 0.25) is 0 Å². The van der Waals surface area contributed by atoms with Crippen molar-refractivity contribution in [2.45, 2.75) is 26.3 Å². The maximum Gasteiger partial charge on any atom is 0.279 e. The second kappa shape index (κ2) is 8.97. The molecule has 1 atom stereocenters. The zero-order chi connectivity index (χ0) is 18.4. The van der Waals surface area contributed by atoms with E-state index in [0.29, 0.717) is 12.6 Å². The average molecular weight is 354 g/mol. The van der Waals surface area contributed by atoms with Gasteiger partial charge in [-0.15, -0.1) is 0 Å². The van der Waals surface area contributed by atoms with Gasteiger partial charge in [-0.25, -0.2) is 0 Å². The van der Waals surface area contributed by atoms with Crippen LogP contribution < -0.4 is 15.1 Å². The molecule has 2 aromatic rings. The van der Waals surface area contributed by atoms with Crippen LogP contribution in [0.3, 0.4) is 0 Å². The first-order valence-corrected chi connectivity index (χ1v) is 9.78. The summed E-state index contributed by atoms with van der Waals surface area (Å²) in [6.45, 7) is 9.32. The van der Waals surface area contributed by atoms with E-state index in [9.17, 15) is 4.79 Å². The number of hydrogen-bond donors (Lipinski definition) is 3. The molecule has 1 fully saturated rings. The van der Waals surface area contributed by atoms with E-state index in [-0.39, 0.29) is 5.91 Å². The third-order valence-corrected chi connectivity index (χ3v) is 5.59. The van der Waals surface area contributed by atoms with E-state index < -0.39 is 0 Å². The molecule has 4 heteroatoms. The van der Waals surface area contributed by atoms with E-state index in [1.54, 1.807) is 4.90 Å². The number of amides is 1. The number of quaternary nitrogens is 2. The van der Waals surface area contributed by atoms with E-state index in [1.165, 1.54) is 16.0 Å². The van der Waals surface area contributed by atoms with Gasteiger partial charge in [0.1, 0.15) is 32.2 Å². The Bertz CT molecular complexity index is 708. The maximum absolute atomic E-state index is 12.4. The average Bonchev–Trinajstić information content (AvgIpc) is 2.69. The van der Waals surface area contributed by atoms with Gasteiger partial charge in [0.15, 0.2) is 6.54 Å². The molecule has 1 heterocycles. The summed E-state index contributed by atoms with van der Waals surface area (Å²) in [5.41, 5.74) is 3.56. The summed E-state index contributed by atoms with van der Waals surface area (Å²) in [7, 11) is 0. The first-order valence-electron chi connectivity index (χ1n) is 9.78.